The van der Waals surface area contributed by atoms with Crippen LogP contribution in [0, 0.1) is 5.41 Å². The highest BCUT2D eigenvalue weighted by atomic mass is 16.5. The Hall–Kier alpha value is -0.700. The number of ether oxygens (including phenoxy) is 1. The summed E-state index contributed by atoms with van der Waals surface area (Å²) in [4.78, 5) is 23.5. The minimum Gasteiger partial charge on any atom is -0.357 e. The predicted octanol–water partition coefficient (Wildman–Crippen LogP) is 2.76. The molecule has 94 valence electrons. The van der Waals surface area contributed by atoms with Gasteiger partial charge >= 0.3 is 0 Å². The molecule has 1 unspecified atom stereocenters. The second-order valence-corrected chi connectivity index (χ2v) is 5.66. The van der Waals surface area contributed by atoms with Crippen LogP contribution in [0.25, 0.3) is 0 Å². The monoisotopic (exact) mass is 228 g/mol. The van der Waals surface area contributed by atoms with Crippen molar-refractivity contribution in [2.24, 2.45) is 5.41 Å². The number of carbonyl (C=O) groups excluding carboxylic acids is 2. The first kappa shape index (κ1) is 15.3. The normalized spacial score (nSPS) is 14.7. The fourth-order valence-electron chi connectivity index (χ4n) is 1.60. The second kappa shape index (κ2) is 5.09. The standard InChI is InChI=1S/C13H24O3/c1-8-10(14)13(6,7)16-9(2)11(15)12(3,4)5/h9H,8H2,1-7H3. The zero-order valence-electron chi connectivity index (χ0n) is 11.5. The lowest BCUT2D eigenvalue weighted by Crippen LogP contribution is -2.43. The van der Waals surface area contributed by atoms with E-state index in [4.69, 9.17) is 4.74 Å². The number of ketones is 2. The van der Waals surface area contributed by atoms with Crippen molar-refractivity contribution >= 4 is 11.6 Å². The van der Waals surface area contributed by atoms with E-state index < -0.39 is 17.1 Å². The molecule has 0 aliphatic carbocycles. The Kier molecular flexibility index (Phi) is 4.86. The molecule has 0 radical (unpaired) electrons. The quantitative estimate of drug-likeness (QED) is 0.726. The summed E-state index contributed by atoms with van der Waals surface area (Å²) >= 11 is 0. The maximum absolute atomic E-state index is 11.9. The molecule has 1 atom stereocenters. The van der Waals surface area contributed by atoms with Gasteiger partial charge in [0.2, 0.25) is 0 Å². The van der Waals surface area contributed by atoms with Crippen LogP contribution in [0.1, 0.15) is 54.9 Å². The molecule has 0 rings (SSSR count). The highest BCUT2D eigenvalue weighted by Gasteiger charge is 2.34. The van der Waals surface area contributed by atoms with Gasteiger partial charge in [0.05, 0.1) is 0 Å². The van der Waals surface area contributed by atoms with Crippen molar-refractivity contribution < 1.29 is 14.3 Å². The van der Waals surface area contributed by atoms with E-state index in [-0.39, 0.29) is 11.6 Å². The molecule has 0 saturated carbocycles. The minimum absolute atomic E-state index is 0.0149. The van der Waals surface area contributed by atoms with Crippen LogP contribution < -0.4 is 0 Å². The van der Waals surface area contributed by atoms with E-state index in [1.165, 1.54) is 0 Å². The van der Waals surface area contributed by atoms with Crippen LogP contribution in [0.2, 0.25) is 0 Å². The van der Waals surface area contributed by atoms with E-state index in [0.29, 0.717) is 6.42 Å². The van der Waals surface area contributed by atoms with E-state index in [1.54, 1.807) is 27.7 Å². The van der Waals surface area contributed by atoms with Crippen LogP contribution >= 0.6 is 0 Å². The highest BCUT2D eigenvalue weighted by Crippen LogP contribution is 2.22. The van der Waals surface area contributed by atoms with Gasteiger partial charge in [0, 0.05) is 11.8 Å². The van der Waals surface area contributed by atoms with Crippen molar-refractivity contribution in [1.29, 1.82) is 0 Å². The molecule has 3 heteroatoms. The number of Topliss-reactive ketones (excluding diaryl/α,β-unsaturated/α-hetero) is 2. The molecule has 0 aromatic rings. The van der Waals surface area contributed by atoms with E-state index >= 15 is 0 Å². The van der Waals surface area contributed by atoms with Crippen molar-refractivity contribution in [2.75, 3.05) is 0 Å². The Balaban J connectivity index is 4.63. The summed E-state index contributed by atoms with van der Waals surface area (Å²) in [5, 5.41) is 0. The summed E-state index contributed by atoms with van der Waals surface area (Å²) in [6.45, 7) is 12.5. The van der Waals surface area contributed by atoms with Gasteiger partial charge < -0.3 is 4.74 Å². The molecule has 3 nitrogen and oxygen atoms in total. The first-order valence-electron chi connectivity index (χ1n) is 5.77. The lowest BCUT2D eigenvalue weighted by atomic mass is 9.87. The highest BCUT2D eigenvalue weighted by molar-refractivity contribution is 5.89. The van der Waals surface area contributed by atoms with Gasteiger partial charge in [-0.2, -0.15) is 0 Å². The van der Waals surface area contributed by atoms with Gasteiger partial charge in [-0.15, -0.1) is 0 Å². The summed E-state index contributed by atoms with van der Waals surface area (Å²) in [5.74, 6) is 0.0329. The number of rotatable bonds is 5. The van der Waals surface area contributed by atoms with Crippen molar-refractivity contribution in [3.8, 4) is 0 Å². The molecule has 0 spiro atoms. The van der Waals surface area contributed by atoms with Crippen LogP contribution in [-0.4, -0.2) is 23.3 Å². The smallest absolute Gasteiger partial charge is 0.166 e. The zero-order valence-corrected chi connectivity index (χ0v) is 11.5. The summed E-state index contributed by atoms with van der Waals surface area (Å²) in [7, 11) is 0. The van der Waals surface area contributed by atoms with Crippen LogP contribution in [-0.2, 0) is 14.3 Å². The molecule has 0 aromatic carbocycles. The maximum Gasteiger partial charge on any atom is 0.166 e. The van der Waals surface area contributed by atoms with Gasteiger partial charge in [0.1, 0.15) is 11.7 Å². The predicted molar refractivity (Wildman–Crippen MR) is 64.4 cm³/mol. The Labute approximate surface area is 98.6 Å². The third kappa shape index (κ3) is 4.05. The maximum atomic E-state index is 11.9. The second-order valence-electron chi connectivity index (χ2n) is 5.66. The number of hydrogen-bond donors (Lipinski definition) is 0. The third-order valence-electron chi connectivity index (χ3n) is 2.57. The van der Waals surface area contributed by atoms with E-state index in [1.807, 2.05) is 20.8 Å². The average Bonchev–Trinajstić information content (AvgIpc) is 2.12. The van der Waals surface area contributed by atoms with Crippen LogP contribution in [0.4, 0.5) is 0 Å². The summed E-state index contributed by atoms with van der Waals surface area (Å²) in [6.07, 6.45) is -0.130. The van der Waals surface area contributed by atoms with E-state index in [9.17, 15) is 9.59 Å². The fraction of sp³-hybridized carbons (Fsp3) is 0.846. The summed E-state index contributed by atoms with van der Waals surface area (Å²) in [5.41, 5.74) is -1.32. The first-order chi connectivity index (χ1) is 7.02. The Bertz CT molecular complexity index is 271. The van der Waals surface area contributed by atoms with E-state index in [0.717, 1.165) is 0 Å². The van der Waals surface area contributed by atoms with Crippen LogP contribution in [0.15, 0.2) is 0 Å². The molecule has 0 aliphatic heterocycles. The first-order valence-corrected chi connectivity index (χ1v) is 5.77. The molecule has 0 heterocycles. The van der Waals surface area contributed by atoms with Crippen molar-refractivity contribution in [2.45, 2.75) is 66.6 Å². The van der Waals surface area contributed by atoms with Gasteiger partial charge in [-0.05, 0) is 20.8 Å². The minimum atomic E-state index is -0.880. The van der Waals surface area contributed by atoms with Crippen LogP contribution in [0.3, 0.4) is 0 Å². The van der Waals surface area contributed by atoms with Crippen LogP contribution in [0.5, 0.6) is 0 Å². The summed E-state index contributed by atoms with van der Waals surface area (Å²) < 4.78 is 5.58. The topological polar surface area (TPSA) is 43.4 Å². The molecular weight excluding hydrogens is 204 g/mol. The SMILES string of the molecule is CCC(=O)C(C)(C)OC(C)C(=O)C(C)(C)C. The average molecular weight is 228 g/mol. The molecule has 0 aliphatic rings. The lowest BCUT2D eigenvalue weighted by Gasteiger charge is -2.30. The molecule has 0 aromatic heterocycles. The number of carbonyl (C=O) groups is 2. The molecule has 0 N–H and O–H groups in total. The Morgan fingerprint density at radius 2 is 1.56 bits per heavy atom. The molecular formula is C13H24O3. The third-order valence-corrected chi connectivity index (χ3v) is 2.57. The lowest BCUT2D eigenvalue weighted by molar-refractivity contribution is -0.157. The largest absolute Gasteiger partial charge is 0.357 e. The van der Waals surface area contributed by atoms with Gasteiger partial charge in [0.25, 0.3) is 0 Å². The van der Waals surface area contributed by atoms with Crippen molar-refractivity contribution in [3.63, 3.8) is 0 Å². The van der Waals surface area contributed by atoms with Gasteiger partial charge in [-0.1, -0.05) is 27.7 Å². The number of hydrogen-bond acceptors (Lipinski definition) is 3. The molecule has 0 fully saturated rings. The fourth-order valence-corrected chi connectivity index (χ4v) is 1.60. The summed E-state index contributed by atoms with van der Waals surface area (Å²) in [6, 6.07) is 0. The van der Waals surface area contributed by atoms with Gasteiger partial charge in [-0.3, -0.25) is 9.59 Å². The van der Waals surface area contributed by atoms with Crippen molar-refractivity contribution in [3.05, 3.63) is 0 Å². The Morgan fingerprint density at radius 1 is 1.12 bits per heavy atom. The molecule has 0 amide bonds. The molecule has 16 heavy (non-hydrogen) atoms. The zero-order chi connectivity index (χ0) is 13.1. The molecule has 0 bridgehead atoms. The van der Waals surface area contributed by atoms with Crippen molar-refractivity contribution in [1.82, 2.24) is 0 Å². The van der Waals surface area contributed by atoms with Gasteiger partial charge in [-0.25, -0.2) is 0 Å². The Morgan fingerprint density at radius 3 is 1.88 bits per heavy atom. The van der Waals surface area contributed by atoms with E-state index in [2.05, 4.69) is 0 Å². The van der Waals surface area contributed by atoms with Gasteiger partial charge in [0.15, 0.2) is 11.6 Å². The molecule has 0 saturated heterocycles.